The number of rotatable bonds is 4. The maximum Gasteiger partial charge on any atom is 0.267 e. The van der Waals surface area contributed by atoms with E-state index in [4.69, 9.17) is 10.5 Å². The Labute approximate surface area is 123 Å². The van der Waals surface area contributed by atoms with Crippen LogP contribution in [0.25, 0.3) is 0 Å². The number of nitrogen functional groups attached to an aromatic ring is 1. The van der Waals surface area contributed by atoms with Gasteiger partial charge >= 0.3 is 0 Å². The lowest BCUT2D eigenvalue weighted by Crippen LogP contribution is -2.16. The Morgan fingerprint density at radius 2 is 2.00 bits per heavy atom. The first kappa shape index (κ1) is 15.2. The lowest BCUT2D eigenvalue weighted by molar-refractivity contribution is 0.414. The summed E-state index contributed by atoms with van der Waals surface area (Å²) >= 11 is 0. The number of nitrogens with zero attached hydrogens (tertiary/aromatic N) is 2. The number of ether oxygens (including phenoxy) is 1. The van der Waals surface area contributed by atoms with Gasteiger partial charge in [-0.1, -0.05) is 0 Å². The van der Waals surface area contributed by atoms with E-state index < -0.39 is 10.0 Å². The van der Waals surface area contributed by atoms with Crippen LogP contribution in [-0.2, 0) is 17.1 Å². The number of anilines is 2. The van der Waals surface area contributed by atoms with Crippen molar-refractivity contribution in [3.8, 4) is 5.75 Å². The summed E-state index contributed by atoms with van der Waals surface area (Å²) in [5, 5.41) is 3.92. The summed E-state index contributed by atoms with van der Waals surface area (Å²) in [5.74, 6) is 0.640. The van der Waals surface area contributed by atoms with Crippen molar-refractivity contribution in [2.45, 2.75) is 18.7 Å². The summed E-state index contributed by atoms with van der Waals surface area (Å²) in [7, 11) is -0.599. The Kier molecular flexibility index (Phi) is 3.82. The van der Waals surface area contributed by atoms with Crippen LogP contribution >= 0.6 is 0 Å². The Morgan fingerprint density at radius 3 is 2.48 bits per heavy atom. The van der Waals surface area contributed by atoms with Crippen LogP contribution in [0.15, 0.2) is 23.1 Å². The van der Waals surface area contributed by atoms with Crippen molar-refractivity contribution in [2.24, 2.45) is 7.05 Å². The topological polar surface area (TPSA) is 99.2 Å². The second kappa shape index (κ2) is 5.28. The summed E-state index contributed by atoms with van der Waals surface area (Å²) in [6, 6.07) is 5.08. The third-order valence-corrected chi connectivity index (χ3v) is 4.78. The Hall–Kier alpha value is -2.22. The second-order valence-electron chi connectivity index (χ2n) is 4.71. The van der Waals surface area contributed by atoms with E-state index in [0.29, 0.717) is 17.1 Å². The van der Waals surface area contributed by atoms with Crippen LogP contribution < -0.4 is 15.2 Å². The molecule has 2 aromatic rings. The smallest absolute Gasteiger partial charge is 0.267 e. The number of benzene rings is 1. The molecule has 0 fully saturated rings. The average Bonchev–Trinajstić information content (AvgIpc) is 2.66. The minimum absolute atomic E-state index is 0.000202. The van der Waals surface area contributed by atoms with Gasteiger partial charge in [-0.15, -0.1) is 0 Å². The summed E-state index contributed by atoms with van der Waals surface area (Å²) in [4.78, 5) is 0.000202. The highest BCUT2D eigenvalue weighted by molar-refractivity contribution is 7.93. The predicted octanol–water partition coefficient (Wildman–Crippen LogP) is 1.43. The van der Waals surface area contributed by atoms with Gasteiger partial charge in [0.15, 0.2) is 10.7 Å². The molecule has 0 aliphatic heterocycles. The van der Waals surface area contributed by atoms with Crippen molar-refractivity contribution >= 4 is 21.5 Å². The minimum Gasteiger partial charge on any atom is -0.497 e. The number of hydrogen-bond acceptors (Lipinski definition) is 5. The Balaban J connectivity index is 2.42. The third kappa shape index (κ3) is 2.80. The Morgan fingerprint density at radius 1 is 1.33 bits per heavy atom. The van der Waals surface area contributed by atoms with E-state index >= 15 is 0 Å². The fourth-order valence-corrected chi connectivity index (χ4v) is 3.48. The van der Waals surface area contributed by atoms with Gasteiger partial charge in [0.25, 0.3) is 10.0 Å². The molecule has 1 aromatic heterocycles. The molecule has 0 saturated heterocycles. The molecule has 0 radical (unpaired) electrons. The fourth-order valence-electron chi connectivity index (χ4n) is 2.02. The first-order valence-electron chi connectivity index (χ1n) is 6.23. The van der Waals surface area contributed by atoms with Crippen molar-refractivity contribution in [1.82, 2.24) is 9.78 Å². The van der Waals surface area contributed by atoms with Crippen molar-refractivity contribution in [3.63, 3.8) is 0 Å². The monoisotopic (exact) mass is 310 g/mol. The first-order chi connectivity index (χ1) is 9.76. The molecule has 0 atom stereocenters. The zero-order valence-corrected chi connectivity index (χ0v) is 13.2. The molecule has 2 rings (SSSR count). The van der Waals surface area contributed by atoms with Crippen LogP contribution in [0.3, 0.4) is 0 Å². The molecule has 0 spiro atoms. The van der Waals surface area contributed by atoms with Crippen LogP contribution in [0.1, 0.15) is 11.3 Å². The van der Waals surface area contributed by atoms with Crippen molar-refractivity contribution < 1.29 is 13.2 Å². The number of nitrogens with two attached hydrogens (primary N) is 1. The molecule has 8 heteroatoms. The van der Waals surface area contributed by atoms with Crippen LogP contribution in [0.2, 0.25) is 0 Å². The van der Waals surface area contributed by atoms with Crippen LogP contribution in [0.5, 0.6) is 5.75 Å². The molecule has 0 amide bonds. The number of nitrogens with one attached hydrogen (secondary N) is 1. The van der Waals surface area contributed by atoms with Crippen molar-refractivity contribution in [1.29, 1.82) is 0 Å². The number of sulfonamides is 1. The minimum atomic E-state index is -3.80. The third-order valence-electron chi connectivity index (χ3n) is 3.25. The van der Waals surface area contributed by atoms with Gasteiger partial charge in [-0.2, -0.15) is 5.10 Å². The summed E-state index contributed by atoms with van der Waals surface area (Å²) < 4.78 is 34.0. The quantitative estimate of drug-likeness (QED) is 0.890. The van der Waals surface area contributed by atoms with E-state index in [1.165, 1.54) is 4.68 Å². The van der Waals surface area contributed by atoms with Gasteiger partial charge < -0.3 is 10.5 Å². The predicted molar refractivity (Wildman–Crippen MR) is 80.9 cm³/mol. The molecule has 1 heterocycles. The van der Waals surface area contributed by atoms with E-state index in [1.807, 2.05) is 0 Å². The first-order valence-corrected chi connectivity index (χ1v) is 7.71. The fraction of sp³-hybridized carbons (Fsp3) is 0.308. The largest absolute Gasteiger partial charge is 0.497 e. The Bertz CT molecular complexity index is 781. The molecule has 0 unspecified atom stereocenters. The summed E-state index contributed by atoms with van der Waals surface area (Å²) in [5.41, 5.74) is 7.39. The van der Waals surface area contributed by atoms with Gasteiger partial charge in [0.1, 0.15) is 5.75 Å². The molecule has 3 N–H and O–H groups in total. The normalized spacial score (nSPS) is 11.4. The zero-order chi connectivity index (χ0) is 15.8. The average molecular weight is 310 g/mol. The van der Waals surface area contributed by atoms with E-state index in [-0.39, 0.29) is 10.7 Å². The molecular formula is C13H18N4O3S. The van der Waals surface area contributed by atoms with Gasteiger partial charge in [0, 0.05) is 7.05 Å². The van der Waals surface area contributed by atoms with Gasteiger partial charge in [0.05, 0.1) is 18.5 Å². The molecule has 0 bridgehead atoms. The van der Waals surface area contributed by atoms with E-state index in [1.54, 1.807) is 46.2 Å². The molecule has 0 saturated carbocycles. The van der Waals surface area contributed by atoms with Crippen LogP contribution in [0, 0.1) is 13.8 Å². The van der Waals surface area contributed by atoms with E-state index in [2.05, 4.69) is 9.82 Å². The second-order valence-corrected chi connectivity index (χ2v) is 6.33. The number of hydrogen-bond donors (Lipinski definition) is 2. The van der Waals surface area contributed by atoms with Gasteiger partial charge in [-0.3, -0.25) is 9.40 Å². The molecule has 7 nitrogen and oxygen atoms in total. The van der Waals surface area contributed by atoms with Gasteiger partial charge in [-0.05, 0) is 37.6 Å². The number of aryl methyl sites for hydroxylation is 2. The van der Waals surface area contributed by atoms with Crippen LogP contribution in [0.4, 0.5) is 11.5 Å². The molecule has 0 aliphatic rings. The molecule has 1 aromatic carbocycles. The highest BCUT2D eigenvalue weighted by Crippen LogP contribution is 2.27. The maximum absolute atomic E-state index is 12.5. The molecular weight excluding hydrogens is 292 g/mol. The summed E-state index contributed by atoms with van der Waals surface area (Å²) in [6.07, 6.45) is 0. The maximum atomic E-state index is 12.5. The number of aromatic nitrogens is 2. The molecule has 0 aliphatic carbocycles. The highest BCUT2D eigenvalue weighted by atomic mass is 32.2. The van der Waals surface area contributed by atoms with Crippen LogP contribution in [-0.4, -0.2) is 25.3 Å². The van der Waals surface area contributed by atoms with Gasteiger partial charge in [-0.25, -0.2) is 8.42 Å². The van der Waals surface area contributed by atoms with Gasteiger partial charge in [0.2, 0.25) is 0 Å². The molecule has 21 heavy (non-hydrogen) atoms. The van der Waals surface area contributed by atoms with E-state index in [9.17, 15) is 8.42 Å². The van der Waals surface area contributed by atoms with Crippen molar-refractivity contribution in [2.75, 3.05) is 17.6 Å². The van der Waals surface area contributed by atoms with Crippen molar-refractivity contribution in [3.05, 3.63) is 29.5 Å². The lowest BCUT2D eigenvalue weighted by Gasteiger charge is -2.11. The SMILES string of the molecule is COc1ccc(NS(=O)(=O)c2c(N)nn(C)c2C)c(C)c1. The number of methoxy groups -OCH3 is 1. The summed E-state index contributed by atoms with van der Waals surface area (Å²) in [6.45, 7) is 3.44. The zero-order valence-electron chi connectivity index (χ0n) is 12.3. The highest BCUT2D eigenvalue weighted by Gasteiger charge is 2.25. The lowest BCUT2D eigenvalue weighted by atomic mass is 10.2. The van der Waals surface area contributed by atoms with E-state index in [0.717, 1.165) is 5.56 Å². The standard InChI is InChI=1S/C13H18N4O3S/c1-8-7-10(20-4)5-6-11(8)16-21(18,19)12-9(2)17(3)15-13(12)14/h5-7,16H,1-4H3,(H2,14,15). The molecule has 114 valence electrons.